The molecule has 1 atom stereocenters. The molecule has 2 aromatic rings. The lowest BCUT2D eigenvalue weighted by Crippen LogP contribution is -2.05. The lowest BCUT2D eigenvalue weighted by molar-refractivity contribution is 0.473. The zero-order chi connectivity index (χ0) is 15.4. The van der Waals surface area contributed by atoms with Crippen LogP contribution in [0.1, 0.15) is 48.7 Å². The van der Waals surface area contributed by atoms with Gasteiger partial charge in [0, 0.05) is 29.6 Å². The van der Waals surface area contributed by atoms with Crippen LogP contribution in [0.3, 0.4) is 0 Å². The fourth-order valence-corrected chi connectivity index (χ4v) is 2.39. The summed E-state index contributed by atoms with van der Waals surface area (Å²) in [5.74, 6) is 2.21. The lowest BCUT2D eigenvalue weighted by atomic mass is 9.99. The van der Waals surface area contributed by atoms with Gasteiger partial charge in [0.15, 0.2) is 0 Å². The number of rotatable bonds is 5. The number of aryl methyl sites for hydroxylation is 2. The monoisotopic (exact) mass is 284 g/mol. The molecule has 2 rings (SSSR count). The summed E-state index contributed by atoms with van der Waals surface area (Å²) < 4.78 is 6.01. The fourth-order valence-electron chi connectivity index (χ4n) is 2.39. The number of ether oxygens (including phenoxy) is 1. The van der Waals surface area contributed by atoms with Crippen LogP contribution in [0.5, 0.6) is 11.5 Å². The average Bonchev–Trinajstić information content (AvgIpc) is 2.47. The van der Waals surface area contributed by atoms with Gasteiger partial charge in [-0.15, -0.1) is 0 Å². The summed E-state index contributed by atoms with van der Waals surface area (Å²) in [6, 6.07) is 10.2. The number of benzene rings is 1. The molecule has 0 aliphatic rings. The second-order valence-corrected chi connectivity index (χ2v) is 5.51. The third-order valence-corrected chi connectivity index (χ3v) is 3.91. The van der Waals surface area contributed by atoms with E-state index in [9.17, 15) is 0 Å². The standard InChI is InChI=1S/C18H24N2O/c1-5-12(2)15-6-8-16(9-7-15)21-18-10-13(3)20-14(4)17(18)11-19/h6-10,12H,5,11,19H2,1-4H3. The highest BCUT2D eigenvalue weighted by molar-refractivity contribution is 5.41. The first-order valence-corrected chi connectivity index (χ1v) is 7.50. The topological polar surface area (TPSA) is 48.1 Å². The molecule has 1 aromatic heterocycles. The van der Waals surface area contributed by atoms with E-state index in [1.54, 1.807) is 0 Å². The molecule has 0 saturated carbocycles. The van der Waals surface area contributed by atoms with E-state index in [0.29, 0.717) is 12.5 Å². The van der Waals surface area contributed by atoms with Crippen LogP contribution in [0.4, 0.5) is 0 Å². The predicted octanol–water partition coefficient (Wildman–Crippen LogP) is 4.46. The van der Waals surface area contributed by atoms with Gasteiger partial charge in [0.05, 0.1) is 0 Å². The van der Waals surface area contributed by atoms with Crippen LogP contribution in [-0.2, 0) is 6.54 Å². The first-order valence-electron chi connectivity index (χ1n) is 7.50. The molecule has 1 heterocycles. The summed E-state index contributed by atoms with van der Waals surface area (Å²) in [7, 11) is 0. The van der Waals surface area contributed by atoms with Gasteiger partial charge in [-0.25, -0.2) is 0 Å². The van der Waals surface area contributed by atoms with Gasteiger partial charge >= 0.3 is 0 Å². The minimum atomic E-state index is 0.430. The van der Waals surface area contributed by atoms with Crippen molar-refractivity contribution in [2.24, 2.45) is 5.73 Å². The maximum atomic E-state index is 6.01. The van der Waals surface area contributed by atoms with E-state index in [0.717, 1.165) is 34.9 Å². The summed E-state index contributed by atoms with van der Waals surface area (Å²) in [6.07, 6.45) is 1.14. The minimum absolute atomic E-state index is 0.430. The molecule has 112 valence electrons. The van der Waals surface area contributed by atoms with Crippen molar-refractivity contribution in [2.75, 3.05) is 0 Å². The van der Waals surface area contributed by atoms with Crippen molar-refractivity contribution in [3.63, 3.8) is 0 Å². The number of hydrogen-bond donors (Lipinski definition) is 1. The molecule has 0 saturated heterocycles. The maximum absolute atomic E-state index is 6.01. The van der Waals surface area contributed by atoms with Crippen LogP contribution in [-0.4, -0.2) is 4.98 Å². The first-order chi connectivity index (χ1) is 10.0. The number of nitrogens with zero attached hydrogens (tertiary/aromatic N) is 1. The van der Waals surface area contributed by atoms with Gasteiger partial charge < -0.3 is 10.5 Å². The molecule has 0 aliphatic heterocycles. The highest BCUT2D eigenvalue weighted by atomic mass is 16.5. The number of nitrogens with two attached hydrogens (primary N) is 1. The molecule has 3 nitrogen and oxygen atoms in total. The van der Waals surface area contributed by atoms with Crippen LogP contribution in [0.2, 0.25) is 0 Å². The van der Waals surface area contributed by atoms with Crippen molar-refractivity contribution in [3.8, 4) is 11.5 Å². The Morgan fingerprint density at radius 1 is 1.19 bits per heavy atom. The Kier molecular flexibility index (Phi) is 4.97. The Hall–Kier alpha value is -1.87. The van der Waals surface area contributed by atoms with Crippen LogP contribution >= 0.6 is 0 Å². The molecule has 0 radical (unpaired) electrons. The van der Waals surface area contributed by atoms with Gasteiger partial charge in [0.1, 0.15) is 11.5 Å². The zero-order valence-corrected chi connectivity index (χ0v) is 13.3. The predicted molar refractivity (Wildman–Crippen MR) is 86.8 cm³/mol. The van der Waals surface area contributed by atoms with E-state index in [2.05, 4.69) is 31.0 Å². The Balaban J connectivity index is 2.26. The average molecular weight is 284 g/mol. The lowest BCUT2D eigenvalue weighted by Gasteiger charge is -2.14. The van der Waals surface area contributed by atoms with E-state index < -0.39 is 0 Å². The van der Waals surface area contributed by atoms with Crippen LogP contribution in [0, 0.1) is 13.8 Å². The number of hydrogen-bond acceptors (Lipinski definition) is 3. The van der Waals surface area contributed by atoms with Crippen molar-refractivity contribution in [1.29, 1.82) is 0 Å². The van der Waals surface area contributed by atoms with Gasteiger partial charge in [-0.05, 0) is 43.9 Å². The van der Waals surface area contributed by atoms with E-state index in [-0.39, 0.29) is 0 Å². The quantitative estimate of drug-likeness (QED) is 0.881. The van der Waals surface area contributed by atoms with E-state index in [4.69, 9.17) is 10.5 Å². The van der Waals surface area contributed by atoms with Gasteiger partial charge in [-0.2, -0.15) is 0 Å². The Bertz CT molecular complexity index is 605. The van der Waals surface area contributed by atoms with E-state index in [1.807, 2.05) is 32.0 Å². The van der Waals surface area contributed by atoms with Crippen LogP contribution < -0.4 is 10.5 Å². The van der Waals surface area contributed by atoms with Gasteiger partial charge in [-0.1, -0.05) is 26.0 Å². The first kappa shape index (κ1) is 15.5. The molecule has 0 spiro atoms. The molecule has 21 heavy (non-hydrogen) atoms. The molecule has 0 bridgehead atoms. The second-order valence-electron chi connectivity index (χ2n) is 5.51. The summed E-state index contributed by atoms with van der Waals surface area (Å²) in [5, 5.41) is 0. The highest BCUT2D eigenvalue weighted by Gasteiger charge is 2.10. The fraction of sp³-hybridized carbons (Fsp3) is 0.389. The molecular formula is C18H24N2O. The van der Waals surface area contributed by atoms with Gasteiger partial charge in [0.25, 0.3) is 0 Å². The van der Waals surface area contributed by atoms with Gasteiger partial charge in [-0.3, -0.25) is 4.98 Å². The SMILES string of the molecule is CCC(C)c1ccc(Oc2cc(C)nc(C)c2CN)cc1. The van der Waals surface area contributed by atoms with Crippen LogP contribution in [0.15, 0.2) is 30.3 Å². The van der Waals surface area contributed by atoms with Gasteiger partial charge in [0.2, 0.25) is 0 Å². The van der Waals surface area contributed by atoms with Crippen molar-refractivity contribution in [3.05, 3.63) is 52.8 Å². The Labute approximate surface area is 127 Å². The van der Waals surface area contributed by atoms with E-state index in [1.165, 1.54) is 5.56 Å². The van der Waals surface area contributed by atoms with Crippen molar-refractivity contribution in [1.82, 2.24) is 4.98 Å². The third-order valence-electron chi connectivity index (χ3n) is 3.91. The minimum Gasteiger partial charge on any atom is -0.457 e. The third kappa shape index (κ3) is 3.61. The largest absolute Gasteiger partial charge is 0.457 e. The van der Waals surface area contributed by atoms with Crippen molar-refractivity contribution >= 4 is 0 Å². The Morgan fingerprint density at radius 3 is 2.43 bits per heavy atom. The molecule has 3 heteroatoms. The smallest absolute Gasteiger partial charge is 0.135 e. The van der Waals surface area contributed by atoms with E-state index >= 15 is 0 Å². The highest BCUT2D eigenvalue weighted by Crippen LogP contribution is 2.29. The van der Waals surface area contributed by atoms with Crippen molar-refractivity contribution in [2.45, 2.75) is 46.6 Å². The molecule has 1 unspecified atom stereocenters. The van der Waals surface area contributed by atoms with Crippen molar-refractivity contribution < 1.29 is 4.74 Å². The zero-order valence-electron chi connectivity index (χ0n) is 13.3. The summed E-state index contributed by atoms with van der Waals surface area (Å²) in [5.41, 5.74) is 10.00. The molecule has 0 fully saturated rings. The molecule has 1 aromatic carbocycles. The normalized spacial score (nSPS) is 12.2. The number of aromatic nitrogens is 1. The molecule has 0 amide bonds. The molecule has 0 aliphatic carbocycles. The maximum Gasteiger partial charge on any atom is 0.135 e. The Morgan fingerprint density at radius 2 is 1.86 bits per heavy atom. The second kappa shape index (κ2) is 6.72. The number of pyridine rings is 1. The summed E-state index contributed by atoms with van der Waals surface area (Å²) in [4.78, 5) is 4.44. The molecular weight excluding hydrogens is 260 g/mol. The summed E-state index contributed by atoms with van der Waals surface area (Å²) >= 11 is 0. The summed E-state index contributed by atoms with van der Waals surface area (Å²) in [6.45, 7) is 8.79. The van der Waals surface area contributed by atoms with Crippen LogP contribution in [0.25, 0.3) is 0 Å². The molecule has 2 N–H and O–H groups in total.